The summed E-state index contributed by atoms with van der Waals surface area (Å²) in [5, 5.41) is 1.97. The SMILES string of the molecule is CSc1ccc(-c2c(-c3ccccc3)csc2C(C)=O)cc1F. The van der Waals surface area contributed by atoms with Crippen LogP contribution in [0.4, 0.5) is 4.39 Å². The predicted octanol–water partition coefficient (Wildman–Crippen LogP) is 6.15. The van der Waals surface area contributed by atoms with Crippen molar-refractivity contribution in [2.75, 3.05) is 6.26 Å². The summed E-state index contributed by atoms with van der Waals surface area (Å²) in [7, 11) is 0. The van der Waals surface area contributed by atoms with E-state index >= 15 is 0 Å². The second-order valence-corrected chi connectivity index (χ2v) is 6.85. The summed E-state index contributed by atoms with van der Waals surface area (Å²) in [5.41, 5.74) is 3.56. The Morgan fingerprint density at radius 3 is 2.43 bits per heavy atom. The number of halogens is 1. The second-order valence-electron chi connectivity index (χ2n) is 5.13. The largest absolute Gasteiger partial charge is 0.294 e. The quantitative estimate of drug-likeness (QED) is 0.418. The fourth-order valence-electron chi connectivity index (χ4n) is 2.56. The summed E-state index contributed by atoms with van der Waals surface area (Å²) >= 11 is 2.79. The van der Waals surface area contributed by atoms with Crippen LogP contribution < -0.4 is 0 Å². The number of carbonyl (C=O) groups is 1. The molecule has 0 aliphatic heterocycles. The van der Waals surface area contributed by atoms with Crippen molar-refractivity contribution >= 4 is 28.9 Å². The third kappa shape index (κ3) is 3.09. The molecular weight excluding hydrogens is 327 g/mol. The zero-order valence-electron chi connectivity index (χ0n) is 12.8. The number of rotatable bonds is 4. The van der Waals surface area contributed by atoms with Crippen LogP contribution >= 0.6 is 23.1 Å². The van der Waals surface area contributed by atoms with E-state index in [4.69, 9.17) is 0 Å². The standard InChI is InChI=1S/C19H15FOS2/c1-12(21)19-18(14-8-9-17(22-2)16(20)10-14)15(11-23-19)13-6-4-3-5-7-13/h3-11H,1-2H3. The van der Waals surface area contributed by atoms with Gasteiger partial charge >= 0.3 is 0 Å². The van der Waals surface area contributed by atoms with Gasteiger partial charge < -0.3 is 0 Å². The Hall–Kier alpha value is -1.91. The average molecular weight is 342 g/mol. The molecule has 0 saturated carbocycles. The van der Waals surface area contributed by atoms with E-state index in [1.165, 1.54) is 29.2 Å². The molecule has 4 heteroatoms. The van der Waals surface area contributed by atoms with Crippen LogP contribution in [0.2, 0.25) is 0 Å². The number of thioether (sulfide) groups is 1. The molecule has 1 heterocycles. The van der Waals surface area contributed by atoms with Crippen LogP contribution in [0.15, 0.2) is 58.8 Å². The smallest absolute Gasteiger partial charge is 0.170 e. The minimum atomic E-state index is -0.255. The molecule has 0 radical (unpaired) electrons. The van der Waals surface area contributed by atoms with Crippen molar-refractivity contribution in [1.82, 2.24) is 0 Å². The average Bonchev–Trinajstić information content (AvgIpc) is 3.00. The summed E-state index contributed by atoms with van der Waals surface area (Å²) in [6.07, 6.45) is 1.85. The lowest BCUT2D eigenvalue weighted by molar-refractivity contribution is 0.102. The Labute approximate surface area is 143 Å². The van der Waals surface area contributed by atoms with Crippen LogP contribution in [-0.2, 0) is 0 Å². The second kappa shape index (κ2) is 6.69. The first-order valence-electron chi connectivity index (χ1n) is 7.13. The lowest BCUT2D eigenvalue weighted by Crippen LogP contribution is -1.93. The van der Waals surface area contributed by atoms with Gasteiger partial charge in [-0.2, -0.15) is 0 Å². The fourth-order valence-corrected chi connectivity index (χ4v) is 4.01. The Morgan fingerprint density at radius 1 is 1.09 bits per heavy atom. The van der Waals surface area contributed by atoms with Crippen LogP contribution in [0.5, 0.6) is 0 Å². The first-order chi connectivity index (χ1) is 11.1. The molecule has 0 N–H and O–H groups in total. The van der Waals surface area contributed by atoms with Crippen LogP contribution in [-0.4, -0.2) is 12.0 Å². The van der Waals surface area contributed by atoms with Crippen molar-refractivity contribution in [3.05, 3.63) is 64.6 Å². The highest BCUT2D eigenvalue weighted by Crippen LogP contribution is 2.40. The summed E-state index contributed by atoms with van der Waals surface area (Å²) in [4.78, 5) is 13.3. The minimum absolute atomic E-state index is 0.00142. The van der Waals surface area contributed by atoms with Gasteiger partial charge in [-0.1, -0.05) is 36.4 Å². The lowest BCUT2D eigenvalue weighted by Gasteiger charge is -2.09. The Balaban J connectivity index is 2.22. The van der Waals surface area contributed by atoms with Gasteiger partial charge in [0.1, 0.15) is 5.82 Å². The maximum atomic E-state index is 14.2. The molecule has 3 rings (SSSR count). The molecule has 0 fully saturated rings. The molecule has 0 spiro atoms. The molecule has 23 heavy (non-hydrogen) atoms. The van der Waals surface area contributed by atoms with E-state index in [1.54, 1.807) is 13.0 Å². The highest BCUT2D eigenvalue weighted by atomic mass is 32.2. The summed E-state index contributed by atoms with van der Waals surface area (Å²) in [5.74, 6) is -0.253. The Morgan fingerprint density at radius 2 is 1.83 bits per heavy atom. The topological polar surface area (TPSA) is 17.1 Å². The normalized spacial score (nSPS) is 10.7. The van der Waals surface area contributed by atoms with E-state index in [9.17, 15) is 9.18 Å². The summed E-state index contributed by atoms with van der Waals surface area (Å²) in [6.45, 7) is 1.55. The molecule has 0 aliphatic carbocycles. The van der Waals surface area contributed by atoms with Crippen molar-refractivity contribution in [2.24, 2.45) is 0 Å². The minimum Gasteiger partial charge on any atom is -0.294 e. The first kappa shape index (κ1) is 16.0. The van der Waals surface area contributed by atoms with Gasteiger partial charge in [0.15, 0.2) is 5.78 Å². The van der Waals surface area contributed by atoms with E-state index in [0.717, 1.165) is 22.3 Å². The third-order valence-corrected chi connectivity index (χ3v) is 5.49. The van der Waals surface area contributed by atoms with Crippen molar-refractivity contribution in [3.63, 3.8) is 0 Å². The van der Waals surface area contributed by atoms with Crippen LogP contribution in [0, 0.1) is 5.82 Å². The molecule has 0 atom stereocenters. The number of benzene rings is 2. The molecule has 1 nitrogen and oxygen atoms in total. The number of ketones is 1. The molecule has 0 unspecified atom stereocenters. The van der Waals surface area contributed by atoms with Gasteiger partial charge in [-0.15, -0.1) is 23.1 Å². The van der Waals surface area contributed by atoms with E-state index < -0.39 is 0 Å². The van der Waals surface area contributed by atoms with Crippen molar-refractivity contribution in [2.45, 2.75) is 11.8 Å². The fraction of sp³-hybridized carbons (Fsp3) is 0.105. The predicted molar refractivity (Wildman–Crippen MR) is 96.9 cm³/mol. The van der Waals surface area contributed by atoms with Crippen molar-refractivity contribution in [3.8, 4) is 22.3 Å². The van der Waals surface area contributed by atoms with Crippen molar-refractivity contribution < 1.29 is 9.18 Å². The first-order valence-corrected chi connectivity index (χ1v) is 9.24. The molecule has 1 aromatic heterocycles. The maximum Gasteiger partial charge on any atom is 0.170 e. The number of thiophene rings is 1. The summed E-state index contributed by atoms with van der Waals surface area (Å²) in [6, 6.07) is 15.1. The van der Waals surface area contributed by atoms with Gasteiger partial charge in [-0.25, -0.2) is 4.39 Å². The highest BCUT2D eigenvalue weighted by Gasteiger charge is 2.19. The molecule has 3 aromatic rings. The number of hydrogen-bond acceptors (Lipinski definition) is 3. The van der Waals surface area contributed by atoms with E-state index in [2.05, 4.69) is 0 Å². The number of hydrogen-bond donors (Lipinski definition) is 0. The van der Waals surface area contributed by atoms with Gasteiger partial charge in [-0.3, -0.25) is 4.79 Å². The lowest BCUT2D eigenvalue weighted by atomic mass is 9.96. The number of carbonyl (C=O) groups excluding carboxylic acids is 1. The van der Waals surface area contributed by atoms with Gasteiger partial charge in [0.2, 0.25) is 0 Å². The highest BCUT2D eigenvalue weighted by molar-refractivity contribution is 7.98. The van der Waals surface area contributed by atoms with E-state index in [1.807, 2.05) is 48.0 Å². The van der Waals surface area contributed by atoms with Crippen molar-refractivity contribution in [1.29, 1.82) is 0 Å². The Bertz CT molecular complexity index is 853. The molecule has 2 aromatic carbocycles. The van der Waals surface area contributed by atoms with Gasteiger partial charge in [-0.05, 0) is 41.8 Å². The molecule has 116 valence electrons. The molecule has 0 saturated heterocycles. The van der Waals surface area contributed by atoms with Crippen LogP contribution in [0.25, 0.3) is 22.3 Å². The summed E-state index contributed by atoms with van der Waals surface area (Å²) < 4.78 is 14.2. The molecule has 0 aliphatic rings. The Kier molecular flexibility index (Phi) is 4.64. The van der Waals surface area contributed by atoms with Crippen LogP contribution in [0.3, 0.4) is 0 Å². The molecule has 0 amide bonds. The van der Waals surface area contributed by atoms with E-state index in [-0.39, 0.29) is 11.6 Å². The van der Waals surface area contributed by atoms with Crippen LogP contribution in [0.1, 0.15) is 16.6 Å². The maximum absolute atomic E-state index is 14.2. The van der Waals surface area contributed by atoms with E-state index in [0.29, 0.717) is 9.77 Å². The van der Waals surface area contributed by atoms with Gasteiger partial charge in [0.05, 0.1) is 4.88 Å². The zero-order chi connectivity index (χ0) is 16.4. The van der Waals surface area contributed by atoms with Gasteiger partial charge in [0, 0.05) is 16.0 Å². The third-order valence-electron chi connectivity index (χ3n) is 3.64. The zero-order valence-corrected chi connectivity index (χ0v) is 14.4. The number of Topliss-reactive ketones (excluding diaryl/α,β-unsaturated/α-hetero) is 1. The molecule has 0 bridgehead atoms. The molecular formula is C19H15FOS2. The van der Waals surface area contributed by atoms with Gasteiger partial charge in [0.25, 0.3) is 0 Å². The monoisotopic (exact) mass is 342 g/mol.